The van der Waals surface area contributed by atoms with Crippen LogP contribution in [0, 0.1) is 5.92 Å². The van der Waals surface area contributed by atoms with Crippen LogP contribution in [0.25, 0.3) is 0 Å². The Bertz CT molecular complexity index is 424. The fraction of sp³-hybridized carbons (Fsp3) is 0.562. The van der Waals surface area contributed by atoms with Crippen molar-refractivity contribution < 1.29 is 4.84 Å². The number of nitrogens with two attached hydrogens (primary N) is 1. The lowest BCUT2D eigenvalue weighted by Crippen LogP contribution is -2.40. The largest absolute Gasteiger partial charge is 0.393 e. The second-order valence-electron chi connectivity index (χ2n) is 5.64. The van der Waals surface area contributed by atoms with Crippen molar-refractivity contribution in [2.24, 2.45) is 11.7 Å². The minimum atomic E-state index is 0.462. The Kier molecular flexibility index (Phi) is 5.95. The summed E-state index contributed by atoms with van der Waals surface area (Å²) in [5.41, 5.74) is 6.80. The SMILES string of the molecule is CC1CC(CCC(N)=S)CCN1OCc1ccccc1. The molecule has 1 saturated heterocycles. The maximum atomic E-state index is 5.94. The molecule has 1 aromatic rings. The smallest absolute Gasteiger partial charge is 0.0936 e. The molecule has 2 rings (SSSR count). The number of nitrogens with zero attached hydrogens (tertiary/aromatic N) is 1. The highest BCUT2D eigenvalue weighted by Gasteiger charge is 2.25. The molecule has 1 fully saturated rings. The first kappa shape index (κ1) is 15.4. The average Bonchev–Trinajstić information content (AvgIpc) is 2.45. The fourth-order valence-corrected chi connectivity index (χ4v) is 2.90. The lowest BCUT2D eigenvalue weighted by molar-refractivity contribution is -0.209. The molecule has 0 saturated carbocycles. The summed E-state index contributed by atoms with van der Waals surface area (Å²) < 4.78 is 0. The first-order chi connectivity index (χ1) is 9.65. The summed E-state index contributed by atoms with van der Waals surface area (Å²) in [5, 5.41) is 2.13. The van der Waals surface area contributed by atoms with E-state index in [0.717, 1.165) is 31.7 Å². The molecule has 110 valence electrons. The van der Waals surface area contributed by atoms with Crippen molar-refractivity contribution in [2.45, 2.75) is 45.3 Å². The normalized spacial score (nSPS) is 23.6. The van der Waals surface area contributed by atoms with Gasteiger partial charge in [0.1, 0.15) is 0 Å². The number of hydrogen-bond donors (Lipinski definition) is 1. The van der Waals surface area contributed by atoms with Crippen LogP contribution in [0.2, 0.25) is 0 Å². The Morgan fingerprint density at radius 2 is 2.15 bits per heavy atom. The van der Waals surface area contributed by atoms with Crippen molar-refractivity contribution in [3.63, 3.8) is 0 Å². The molecule has 0 amide bonds. The Labute approximate surface area is 127 Å². The van der Waals surface area contributed by atoms with Gasteiger partial charge in [-0.15, -0.1) is 0 Å². The molecule has 2 atom stereocenters. The molecule has 20 heavy (non-hydrogen) atoms. The Hall–Kier alpha value is -0.970. The number of hydrogen-bond acceptors (Lipinski definition) is 3. The standard InChI is InChI=1S/C16H24N2OS/c1-13-11-14(7-8-16(17)20)9-10-18(13)19-12-15-5-3-2-4-6-15/h2-6,13-14H,7-12H2,1H3,(H2,17,20). The fourth-order valence-electron chi connectivity index (χ4n) is 2.78. The summed E-state index contributed by atoms with van der Waals surface area (Å²) >= 11 is 4.96. The molecule has 0 bridgehead atoms. The van der Waals surface area contributed by atoms with Gasteiger partial charge in [-0.2, -0.15) is 5.06 Å². The summed E-state index contributed by atoms with van der Waals surface area (Å²) in [6.45, 7) is 3.89. The summed E-state index contributed by atoms with van der Waals surface area (Å²) in [5.74, 6) is 0.725. The van der Waals surface area contributed by atoms with Crippen molar-refractivity contribution >= 4 is 17.2 Å². The van der Waals surface area contributed by atoms with Crippen molar-refractivity contribution in [3.05, 3.63) is 35.9 Å². The van der Waals surface area contributed by atoms with Gasteiger partial charge in [-0.3, -0.25) is 4.84 Å². The van der Waals surface area contributed by atoms with Crippen LogP contribution in [0.4, 0.5) is 0 Å². The number of hydroxylamine groups is 2. The van der Waals surface area contributed by atoms with E-state index in [1.807, 2.05) is 18.2 Å². The van der Waals surface area contributed by atoms with Gasteiger partial charge < -0.3 is 5.73 Å². The third-order valence-corrected chi connectivity index (χ3v) is 4.17. The zero-order valence-corrected chi connectivity index (χ0v) is 12.9. The number of rotatable bonds is 6. The molecule has 1 aliphatic heterocycles. The van der Waals surface area contributed by atoms with Crippen LogP contribution in [0.1, 0.15) is 38.2 Å². The molecule has 0 spiro atoms. The van der Waals surface area contributed by atoms with E-state index in [1.54, 1.807) is 0 Å². The van der Waals surface area contributed by atoms with Gasteiger partial charge in [0.05, 0.1) is 11.6 Å². The first-order valence-corrected chi connectivity index (χ1v) is 7.77. The molecular weight excluding hydrogens is 268 g/mol. The Balaban J connectivity index is 1.74. The summed E-state index contributed by atoms with van der Waals surface area (Å²) in [6, 6.07) is 10.8. The highest BCUT2D eigenvalue weighted by molar-refractivity contribution is 7.80. The van der Waals surface area contributed by atoms with Gasteiger partial charge in [-0.1, -0.05) is 42.5 Å². The van der Waals surface area contributed by atoms with Crippen molar-refractivity contribution in [3.8, 4) is 0 Å². The van der Waals surface area contributed by atoms with Crippen LogP contribution < -0.4 is 5.73 Å². The van der Waals surface area contributed by atoms with E-state index < -0.39 is 0 Å². The molecule has 3 nitrogen and oxygen atoms in total. The zero-order valence-electron chi connectivity index (χ0n) is 12.1. The highest BCUT2D eigenvalue weighted by atomic mass is 32.1. The highest BCUT2D eigenvalue weighted by Crippen LogP contribution is 2.27. The molecule has 1 aliphatic rings. The summed E-state index contributed by atoms with van der Waals surface area (Å²) in [4.78, 5) is 6.58. The van der Waals surface area contributed by atoms with Gasteiger partial charge in [-0.25, -0.2) is 0 Å². The summed E-state index contributed by atoms with van der Waals surface area (Å²) in [6.07, 6.45) is 4.32. The van der Waals surface area contributed by atoms with Gasteiger partial charge >= 0.3 is 0 Å². The second kappa shape index (κ2) is 7.72. The molecule has 1 heterocycles. The zero-order chi connectivity index (χ0) is 14.4. The van der Waals surface area contributed by atoms with Crippen LogP contribution >= 0.6 is 12.2 Å². The lowest BCUT2D eigenvalue weighted by atomic mass is 9.89. The molecule has 1 aromatic carbocycles. The van der Waals surface area contributed by atoms with Gasteiger partial charge in [0, 0.05) is 12.6 Å². The third kappa shape index (κ3) is 4.85. The Morgan fingerprint density at radius 1 is 1.40 bits per heavy atom. The van der Waals surface area contributed by atoms with E-state index in [-0.39, 0.29) is 0 Å². The quantitative estimate of drug-likeness (QED) is 0.817. The minimum Gasteiger partial charge on any atom is -0.393 e. The lowest BCUT2D eigenvalue weighted by Gasteiger charge is -2.36. The van der Waals surface area contributed by atoms with Crippen LogP contribution in [0.15, 0.2) is 30.3 Å². The van der Waals surface area contributed by atoms with Crippen LogP contribution in [0.3, 0.4) is 0 Å². The van der Waals surface area contributed by atoms with Gasteiger partial charge in [0.2, 0.25) is 0 Å². The van der Waals surface area contributed by atoms with E-state index >= 15 is 0 Å². The predicted octanol–water partition coefficient (Wildman–Crippen LogP) is 3.29. The molecule has 4 heteroatoms. The van der Waals surface area contributed by atoms with E-state index in [9.17, 15) is 0 Å². The molecule has 0 aliphatic carbocycles. The van der Waals surface area contributed by atoms with Crippen LogP contribution in [-0.4, -0.2) is 22.6 Å². The molecule has 0 aromatic heterocycles. The second-order valence-corrected chi connectivity index (χ2v) is 6.17. The number of thiocarbonyl (C=S) groups is 1. The van der Waals surface area contributed by atoms with Gasteiger partial charge in [0.15, 0.2) is 0 Å². The molecule has 2 unspecified atom stereocenters. The molecule has 2 N–H and O–H groups in total. The van der Waals surface area contributed by atoms with E-state index in [0.29, 0.717) is 17.6 Å². The maximum absolute atomic E-state index is 5.94. The Morgan fingerprint density at radius 3 is 2.80 bits per heavy atom. The molecular formula is C16H24N2OS. The van der Waals surface area contributed by atoms with Gasteiger partial charge in [0.25, 0.3) is 0 Å². The van der Waals surface area contributed by atoms with E-state index in [2.05, 4.69) is 24.1 Å². The van der Waals surface area contributed by atoms with Crippen molar-refractivity contribution in [1.29, 1.82) is 0 Å². The number of benzene rings is 1. The third-order valence-electron chi connectivity index (χ3n) is 3.96. The minimum absolute atomic E-state index is 0.462. The topological polar surface area (TPSA) is 38.5 Å². The van der Waals surface area contributed by atoms with Gasteiger partial charge in [-0.05, 0) is 44.1 Å². The predicted molar refractivity (Wildman–Crippen MR) is 86.1 cm³/mol. The maximum Gasteiger partial charge on any atom is 0.0936 e. The number of piperidine rings is 1. The average molecular weight is 292 g/mol. The first-order valence-electron chi connectivity index (χ1n) is 7.37. The summed E-state index contributed by atoms with van der Waals surface area (Å²) in [7, 11) is 0. The molecule has 0 radical (unpaired) electrons. The van der Waals surface area contributed by atoms with Crippen molar-refractivity contribution in [1.82, 2.24) is 5.06 Å². The van der Waals surface area contributed by atoms with Crippen molar-refractivity contribution in [2.75, 3.05) is 6.54 Å². The monoisotopic (exact) mass is 292 g/mol. The van der Waals surface area contributed by atoms with Crippen LogP contribution in [0.5, 0.6) is 0 Å². The van der Waals surface area contributed by atoms with Crippen LogP contribution in [-0.2, 0) is 11.4 Å². The van der Waals surface area contributed by atoms with E-state index in [1.165, 1.54) is 12.0 Å². The van der Waals surface area contributed by atoms with E-state index in [4.69, 9.17) is 22.8 Å².